The zero-order valence-corrected chi connectivity index (χ0v) is 10.3. The molecule has 0 spiro atoms. The average Bonchev–Trinajstić information content (AvgIpc) is 2.18. The summed E-state index contributed by atoms with van der Waals surface area (Å²) in [7, 11) is 0. The molecule has 3 nitrogen and oxygen atoms in total. The van der Waals surface area contributed by atoms with Crippen molar-refractivity contribution in [2.45, 2.75) is 12.8 Å². The summed E-state index contributed by atoms with van der Waals surface area (Å²) in [4.78, 5) is 10.2. The number of alkyl halides is 3. The minimum Gasteiger partial charge on any atom is -0.481 e. The Morgan fingerprint density at radius 1 is 1.44 bits per heavy atom. The Labute approximate surface area is 109 Å². The fourth-order valence-corrected chi connectivity index (χ4v) is 1.47. The number of carbonyl (C=O) groups is 1. The Balaban J connectivity index is 2.85. The van der Waals surface area contributed by atoms with Crippen LogP contribution in [0.3, 0.4) is 0 Å². The summed E-state index contributed by atoms with van der Waals surface area (Å²) in [6.07, 6.45) is -5.09. The van der Waals surface area contributed by atoms with Crippen molar-refractivity contribution < 1.29 is 27.8 Å². The highest BCUT2D eigenvalue weighted by atomic mass is 79.9. The summed E-state index contributed by atoms with van der Waals surface area (Å²) >= 11 is 3.02. The molecule has 0 fully saturated rings. The molecule has 1 aromatic carbocycles. The second kappa shape index (κ2) is 5.78. The molecule has 7 heteroatoms. The van der Waals surface area contributed by atoms with Gasteiger partial charge in [0.1, 0.15) is 12.2 Å². The number of rotatable bonds is 2. The van der Waals surface area contributed by atoms with E-state index in [-0.39, 0.29) is 12.2 Å². The van der Waals surface area contributed by atoms with Crippen LogP contribution in [0.25, 0.3) is 0 Å². The molecule has 0 aliphatic heterocycles. The lowest BCUT2D eigenvalue weighted by molar-refractivity contribution is -0.274. The van der Waals surface area contributed by atoms with Crippen LogP contribution in [0.5, 0.6) is 5.75 Å². The summed E-state index contributed by atoms with van der Waals surface area (Å²) in [5.74, 6) is 3.44. The summed E-state index contributed by atoms with van der Waals surface area (Å²) < 4.78 is 39.8. The van der Waals surface area contributed by atoms with Crippen molar-refractivity contribution >= 4 is 21.9 Å². The fourth-order valence-electron chi connectivity index (χ4n) is 1.01. The van der Waals surface area contributed by atoms with Gasteiger partial charge >= 0.3 is 12.3 Å². The molecule has 96 valence electrons. The maximum atomic E-state index is 11.9. The summed E-state index contributed by atoms with van der Waals surface area (Å²) in [6.45, 7) is 0. The average molecular weight is 323 g/mol. The monoisotopic (exact) mass is 322 g/mol. The molecule has 1 rings (SSSR count). The lowest BCUT2D eigenvalue weighted by Crippen LogP contribution is -2.17. The topological polar surface area (TPSA) is 46.5 Å². The smallest absolute Gasteiger partial charge is 0.481 e. The second-order valence-electron chi connectivity index (χ2n) is 3.06. The van der Waals surface area contributed by atoms with E-state index in [1.165, 1.54) is 6.07 Å². The van der Waals surface area contributed by atoms with Crippen LogP contribution in [0.4, 0.5) is 13.2 Å². The van der Waals surface area contributed by atoms with Gasteiger partial charge in [-0.3, -0.25) is 4.79 Å². The Morgan fingerprint density at radius 2 is 2.11 bits per heavy atom. The van der Waals surface area contributed by atoms with Crippen LogP contribution in [0.2, 0.25) is 0 Å². The first-order valence-electron chi connectivity index (χ1n) is 4.54. The molecule has 0 saturated heterocycles. The van der Waals surface area contributed by atoms with E-state index >= 15 is 0 Å². The molecule has 0 aromatic heterocycles. The number of aliphatic carboxylic acids is 1. The lowest BCUT2D eigenvalue weighted by Gasteiger charge is -2.09. The highest BCUT2D eigenvalue weighted by Gasteiger charge is 2.31. The van der Waals surface area contributed by atoms with E-state index in [0.29, 0.717) is 10.0 Å². The maximum Gasteiger partial charge on any atom is 0.573 e. The quantitative estimate of drug-likeness (QED) is 0.851. The van der Waals surface area contributed by atoms with Gasteiger partial charge < -0.3 is 9.84 Å². The molecule has 0 heterocycles. The molecule has 0 aliphatic rings. The van der Waals surface area contributed by atoms with Gasteiger partial charge in [-0.2, -0.15) is 0 Å². The van der Waals surface area contributed by atoms with Crippen molar-refractivity contribution in [3.63, 3.8) is 0 Å². The van der Waals surface area contributed by atoms with E-state index < -0.39 is 12.3 Å². The van der Waals surface area contributed by atoms with E-state index in [1.54, 1.807) is 0 Å². The van der Waals surface area contributed by atoms with Gasteiger partial charge in [-0.15, -0.1) is 13.2 Å². The molecule has 1 aromatic rings. The summed E-state index contributed by atoms with van der Waals surface area (Å²) in [5, 5.41) is 8.37. The van der Waals surface area contributed by atoms with Gasteiger partial charge in [0.2, 0.25) is 0 Å². The SMILES string of the molecule is O=C(O)CC#Cc1ccc(OC(F)(F)F)cc1Br. The third-order valence-corrected chi connectivity index (χ3v) is 2.29. The number of carboxylic acids is 1. The van der Waals surface area contributed by atoms with Gasteiger partial charge in [0.05, 0.1) is 0 Å². The van der Waals surface area contributed by atoms with Gasteiger partial charge in [-0.25, -0.2) is 0 Å². The zero-order chi connectivity index (χ0) is 13.8. The van der Waals surface area contributed by atoms with E-state index in [4.69, 9.17) is 5.11 Å². The van der Waals surface area contributed by atoms with Gasteiger partial charge in [0.25, 0.3) is 0 Å². The molecule has 18 heavy (non-hydrogen) atoms. The molecule has 1 N–H and O–H groups in total. The third kappa shape index (κ3) is 5.10. The lowest BCUT2D eigenvalue weighted by atomic mass is 10.2. The molecule has 0 saturated carbocycles. The standard InChI is InChI=1S/C11H6BrF3O3/c12-9-6-8(18-11(13,14)15)5-4-7(9)2-1-3-10(16)17/h4-6H,3H2,(H,16,17). The Morgan fingerprint density at radius 3 is 2.61 bits per heavy atom. The van der Waals surface area contributed by atoms with Crippen molar-refractivity contribution in [2.24, 2.45) is 0 Å². The zero-order valence-electron chi connectivity index (χ0n) is 8.71. The van der Waals surface area contributed by atoms with Crippen molar-refractivity contribution in [3.8, 4) is 17.6 Å². The normalized spacial score (nSPS) is 10.4. The van der Waals surface area contributed by atoms with Crippen LogP contribution < -0.4 is 4.74 Å². The van der Waals surface area contributed by atoms with Crippen LogP contribution in [-0.2, 0) is 4.79 Å². The van der Waals surface area contributed by atoms with Crippen molar-refractivity contribution in [1.82, 2.24) is 0 Å². The largest absolute Gasteiger partial charge is 0.573 e. The van der Waals surface area contributed by atoms with Crippen LogP contribution in [0.15, 0.2) is 22.7 Å². The molecule has 0 atom stereocenters. The number of carboxylic acid groups (broad SMARTS) is 1. The maximum absolute atomic E-state index is 11.9. The van der Waals surface area contributed by atoms with E-state index in [9.17, 15) is 18.0 Å². The van der Waals surface area contributed by atoms with Crippen molar-refractivity contribution in [2.75, 3.05) is 0 Å². The Bertz CT molecular complexity index is 514. The van der Waals surface area contributed by atoms with E-state index in [1.807, 2.05) is 0 Å². The molecule has 0 bridgehead atoms. The highest BCUT2D eigenvalue weighted by molar-refractivity contribution is 9.10. The molecular weight excluding hydrogens is 317 g/mol. The van der Waals surface area contributed by atoms with Gasteiger partial charge in [0, 0.05) is 10.0 Å². The molecule has 0 aliphatic carbocycles. The van der Waals surface area contributed by atoms with Crippen LogP contribution >= 0.6 is 15.9 Å². The summed E-state index contributed by atoms with van der Waals surface area (Å²) in [5.41, 5.74) is 0.380. The molecule has 0 unspecified atom stereocenters. The van der Waals surface area contributed by atoms with Gasteiger partial charge in [-0.1, -0.05) is 11.8 Å². The molecular formula is C11H6BrF3O3. The minimum atomic E-state index is -4.75. The highest BCUT2D eigenvalue weighted by Crippen LogP contribution is 2.27. The summed E-state index contributed by atoms with van der Waals surface area (Å²) in [6, 6.07) is 3.52. The first kappa shape index (κ1) is 14.4. The number of hydrogen-bond acceptors (Lipinski definition) is 2. The number of ether oxygens (including phenoxy) is 1. The first-order valence-corrected chi connectivity index (χ1v) is 5.33. The molecule has 0 amide bonds. The number of benzene rings is 1. The van der Waals surface area contributed by atoms with Crippen LogP contribution in [-0.4, -0.2) is 17.4 Å². The van der Waals surface area contributed by atoms with Crippen molar-refractivity contribution in [3.05, 3.63) is 28.2 Å². The van der Waals surface area contributed by atoms with Crippen LogP contribution in [0, 0.1) is 11.8 Å². The third-order valence-electron chi connectivity index (χ3n) is 1.64. The second-order valence-corrected chi connectivity index (χ2v) is 3.92. The Hall–Kier alpha value is -1.68. The van der Waals surface area contributed by atoms with Crippen molar-refractivity contribution in [1.29, 1.82) is 0 Å². The first-order chi connectivity index (χ1) is 8.28. The van der Waals surface area contributed by atoms with Gasteiger partial charge in [0.15, 0.2) is 0 Å². The number of hydrogen-bond donors (Lipinski definition) is 1. The van der Waals surface area contributed by atoms with Gasteiger partial charge in [-0.05, 0) is 34.1 Å². The fraction of sp³-hybridized carbons (Fsp3) is 0.182. The Kier molecular flexibility index (Phi) is 4.62. The van der Waals surface area contributed by atoms with E-state index in [2.05, 4.69) is 32.5 Å². The number of halogens is 4. The minimum absolute atomic E-state index is 0.294. The molecule has 0 radical (unpaired) electrons. The van der Waals surface area contributed by atoms with E-state index in [0.717, 1.165) is 12.1 Å². The predicted octanol–water partition coefficient (Wildman–Crippen LogP) is 3.17. The predicted molar refractivity (Wildman–Crippen MR) is 60.0 cm³/mol. The van der Waals surface area contributed by atoms with Crippen LogP contribution in [0.1, 0.15) is 12.0 Å².